The largest absolute Gasteiger partial charge is 0.386 e. The maximum absolute atomic E-state index is 13.4. The van der Waals surface area contributed by atoms with E-state index in [1.807, 2.05) is 6.92 Å². The van der Waals surface area contributed by atoms with Crippen LogP contribution in [0.5, 0.6) is 0 Å². The van der Waals surface area contributed by atoms with E-state index in [0.29, 0.717) is 12.3 Å². The minimum atomic E-state index is -1.01. The number of hydrogen-bond donors (Lipinski definition) is 2. The summed E-state index contributed by atoms with van der Waals surface area (Å²) < 4.78 is 13.4. The summed E-state index contributed by atoms with van der Waals surface area (Å²) in [4.78, 5) is 11.7. The molecule has 2 N–H and O–H groups in total. The van der Waals surface area contributed by atoms with Gasteiger partial charge in [0.25, 0.3) is 0 Å². The summed E-state index contributed by atoms with van der Waals surface area (Å²) in [7, 11) is 0. The molecule has 0 aliphatic carbocycles. The van der Waals surface area contributed by atoms with E-state index in [0.717, 1.165) is 0 Å². The molecular weight excluding hydrogens is 245 g/mol. The molecule has 0 spiro atoms. The first kappa shape index (κ1) is 15.6. The van der Waals surface area contributed by atoms with Gasteiger partial charge in [0.2, 0.25) is 5.91 Å². The second-order valence-electron chi connectivity index (χ2n) is 5.27. The number of halogens is 1. The fourth-order valence-electron chi connectivity index (χ4n) is 1.67. The van der Waals surface area contributed by atoms with Gasteiger partial charge in [-0.15, -0.1) is 0 Å². The van der Waals surface area contributed by atoms with Crippen LogP contribution in [0.15, 0.2) is 24.3 Å². The van der Waals surface area contributed by atoms with E-state index >= 15 is 0 Å². The number of carbonyl (C=O) groups excluding carboxylic acids is 1. The molecule has 19 heavy (non-hydrogen) atoms. The second kappa shape index (κ2) is 7.24. The van der Waals surface area contributed by atoms with Crippen molar-refractivity contribution >= 4 is 5.91 Å². The summed E-state index contributed by atoms with van der Waals surface area (Å²) in [6.45, 7) is 6.17. The molecule has 0 fully saturated rings. The maximum atomic E-state index is 13.4. The van der Waals surface area contributed by atoms with Crippen LogP contribution in [0.3, 0.4) is 0 Å². The standard InChI is InChI=1S/C15H22FNO2/c1-10(2)11(3)8-15(19)17-9-14(18)12-6-4-5-7-13(12)16/h4-7,10-11,14,18H,8-9H2,1-3H3,(H,17,19). The fraction of sp³-hybridized carbons (Fsp3) is 0.533. The quantitative estimate of drug-likeness (QED) is 0.832. The van der Waals surface area contributed by atoms with Crippen molar-refractivity contribution in [3.8, 4) is 0 Å². The van der Waals surface area contributed by atoms with Crippen LogP contribution < -0.4 is 5.32 Å². The highest BCUT2D eigenvalue weighted by atomic mass is 19.1. The van der Waals surface area contributed by atoms with Gasteiger partial charge < -0.3 is 10.4 Å². The molecule has 0 bridgehead atoms. The molecule has 0 saturated carbocycles. The average Bonchev–Trinajstić information content (AvgIpc) is 2.36. The Labute approximate surface area is 113 Å². The Kier molecular flexibility index (Phi) is 5.96. The molecule has 0 aliphatic rings. The Bertz CT molecular complexity index is 420. The van der Waals surface area contributed by atoms with Gasteiger partial charge in [-0.05, 0) is 17.9 Å². The van der Waals surface area contributed by atoms with Crippen LogP contribution in [-0.2, 0) is 4.79 Å². The number of nitrogens with one attached hydrogen (secondary N) is 1. The number of aliphatic hydroxyl groups excluding tert-OH is 1. The molecule has 1 aromatic rings. The molecule has 0 heterocycles. The predicted molar refractivity (Wildman–Crippen MR) is 73.0 cm³/mol. The minimum Gasteiger partial charge on any atom is -0.386 e. The number of carbonyl (C=O) groups is 1. The Morgan fingerprint density at radius 2 is 1.95 bits per heavy atom. The Hall–Kier alpha value is -1.42. The third-order valence-corrected chi connectivity index (χ3v) is 3.40. The van der Waals surface area contributed by atoms with Gasteiger partial charge in [0, 0.05) is 18.5 Å². The van der Waals surface area contributed by atoms with Crippen LogP contribution in [0, 0.1) is 17.7 Å². The van der Waals surface area contributed by atoms with E-state index in [1.54, 1.807) is 12.1 Å². The molecule has 4 heteroatoms. The molecule has 0 aliphatic heterocycles. The second-order valence-corrected chi connectivity index (χ2v) is 5.27. The van der Waals surface area contributed by atoms with Crippen LogP contribution in [0.2, 0.25) is 0 Å². The van der Waals surface area contributed by atoms with E-state index in [2.05, 4.69) is 19.2 Å². The van der Waals surface area contributed by atoms with Crippen molar-refractivity contribution in [3.63, 3.8) is 0 Å². The SMILES string of the molecule is CC(C)C(C)CC(=O)NCC(O)c1ccccc1F. The van der Waals surface area contributed by atoms with Gasteiger partial charge in [-0.3, -0.25) is 4.79 Å². The topological polar surface area (TPSA) is 49.3 Å². The van der Waals surface area contributed by atoms with Gasteiger partial charge in [0.1, 0.15) is 5.82 Å². The first-order valence-corrected chi connectivity index (χ1v) is 6.61. The lowest BCUT2D eigenvalue weighted by Crippen LogP contribution is -2.30. The molecule has 3 nitrogen and oxygen atoms in total. The molecule has 0 aromatic heterocycles. The normalized spacial score (nSPS) is 14.2. The number of rotatable bonds is 6. The van der Waals surface area contributed by atoms with E-state index < -0.39 is 11.9 Å². The fourth-order valence-corrected chi connectivity index (χ4v) is 1.67. The summed E-state index contributed by atoms with van der Waals surface area (Å²) in [5, 5.41) is 12.5. The Morgan fingerprint density at radius 3 is 2.53 bits per heavy atom. The van der Waals surface area contributed by atoms with Crippen LogP contribution in [0.25, 0.3) is 0 Å². The third kappa shape index (κ3) is 4.99. The molecule has 106 valence electrons. The lowest BCUT2D eigenvalue weighted by molar-refractivity contribution is -0.122. The highest BCUT2D eigenvalue weighted by Crippen LogP contribution is 2.16. The molecule has 1 rings (SSSR count). The monoisotopic (exact) mass is 267 g/mol. The molecule has 0 saturated heterocycles. The number of benzene rings is 1. The van der Waals surface area contributed by atoms with Gasteiger partial charge in [-0.2, -0.15) is 0 Å². The number of hydrogen-bond acceptors (Lipinski definition) is 2. The Balaban J connectivity index is 2.44. The smallest absolute Gasteiger partial charge is 0.220 e. The highest BCUT2D eigenvalue weighted by Gasteiger charge is 2.15. The summed E-state index contributed by atoms with van der Waals surface area (Å²) in [5.41, 5.74) is 0.208. The average molecular weight is 267 g/mol. The summed E-state index contributed by atoms with van der Waals surface area (Å²) in [6, 6.07) is 6.03. The van der Waals surface area contributed by atoms with Crippen LogP contribution in [0.1, 0.15) is 38.9 Å². The number of aliphatic hydroxyl groups is 1. The van der Waals surface area contributed by atoms with Crippen molar-refractivity contribution < 1.29 is 14.3 Å². The minimum absolute atomic E-state index is 0.0323. The lowest BCUT2D eigenvalue weighted by Gasteiger charge is -2.17. The van der Waals surface area contributed by atoms with Crippen LogP contribution >= 0.6 is 0 Å². The zero-order valence-electron chi connectivity index (χ0n) is 11.7. The van der Waals surface area contributed by atoms with Gasteiger partial charge in [-0.1, -0.05) is 39.0 Å². The first-order valence-electron chi connectivity index (χ1n) is 6.61. The van der Waals surface area contributed by atoms with Crippen LogP contribution in [0.4, 0.5) is 4.39 Å². The van der Waals surface area contributed by atoms with E-state index in [4.69, 9.17) is 0 Å². The summed E-state index contributed by atoms with van der Waals surface area (Å²) in [6.07, 6.45) is -0.596. The van der Waals surface area contributed by atoms with Crippen molar-refractivity contribution in [2.75, 3.05) is 6.54 Å². The maximum Gasteiger partial charge on any atom is 0.220 e. The highest BCUT2D eigenvalue weighted by molar-refractivity contribution is 5.76. The van der Waals surface area contributed by atoms with Crippen molar-refractivity contribution in [2.45, 2.75) is 33.3 Å². The molecular formula is C15H22FNO2. The zero-order chi connectivity index (χ0) is 14.4. The van der Waals surface area contributed by atoms with Crippen LogP contribution in [-0.4, -0.2) is 17.6 Å². The Morgan fingerprint density at radius 1 is 1.32 bits per heavy atom. The molecule has 0 radical (unpaired) electrons. The van der Waals surface area contributed by atoms with Gasteiger partial charge in [-0.25, -0.2) is 4.39 Å². The summed E-state index contributed by atoms with van der Waals surface area (Å²) >= 11 is 0. The zero-order valence-corrected chi connectivity index (χ0v) is 11.7. The van der Waals surface area contributed by atoms with Crippen molar-refractivity contribution in [1.82, 2.24) is 5.32 Å². The van der Waals surface area contributed by atoms with Crippen molar-refractivity contribution in [1.29, 1.82) is 0 Å². The molecule has 2 unspecified atom stereocenters. The van der Waals surface area contributed by atoms with Crippen molar-refractivity contribution in [2.24, 2.45) is 11.8 Å². The summed E-state index contributed by atoms with van der Waals surface area (Å²) in [5.74, 6) is 0.143. The third-order valence-electron chi connectivity index (χ3n) is 3.40. The van der Waals surface area contributed by atoms with Gasteiger partial charge in [0.15, 0.2) is 0 Å². The van der Waals surface area contributed by atoms with Crippen molar-refractivity contribution in [3.05, 3.63) is 35.6 Å². The van der Waals surface area contributed by atoms with E-state index in [-0.39, 0.29) is 23.9 Å². The van der Waals surface area contributed by atoms with Gasteiger partial charge >= 0.3 is 0 Å². The first-order chi connectivity index (χ1) is 8.91. The van der Waals surface area contributed by atoms with Gasteiger partial charge in [0.05, 0.1) is 6.10 Å². The number of amides is 1. The molecule has 1 amide bonds. The van der Waals surface area contributed by atoms with E-state index in [1.165, 1.54) is 12.1 Å². The van der Waals surface area contributed by atoms with E-state index in [9.17, 15) is 14.3 Å². The molecule has 2 atom stereocenters. The lowest BCUT2D eigenvalue weighted by atomic mass is 9.94. The molecule has 1 aromatic carbocycles. The predicted octanol–water partition coefficient (Wildman–Crippen LogP) is 2.66.